The Bertz CT molecular complexity index is 914. The van der Waals surface area contributed by atoms with Crippen molar-refractivity contribution in [1.82, 2.24) is 9.46 Å². The smallest absolute Gasteiger partial charge is 0.255 e. The Kier molecular flexibility index (Phi) is 5.10. The molecule has 1 aliphatic rings. The minimum Gasteiger partial charge on any atom is -0.359 e. The molecule has 0 saturated carbocycles. The molecule has 1 aliphatic heterocycles. The van der Waals surface area contributed by atoms with Gasteiger partial charge in [-0.2, -0.15) is 4.31 Å². The lowest BCUT2D eigenvalue weighted by atomic mass is 10.2. The molecule has 0 bridgehead atoms. The van der Waals surface area contributed by atoms with Gasteiger partial charge in [-0.1, -0.05) is 11.6 Å². The number of carbonyl (C=O) groups is 1. The highest BCUT2D eigenvalue weighted by Gasteiger charge is 2.29. The summed E-state index contributed by atoms with van der Waals surface area (Å²) in [6.07, 6.45) is 2.44. The highest BCUT2D eigenvalue weighted by Crippen LogP contribution is 2.25. The third-order valence-corrected chi connectivity index (χ3v) is 6.31. The number of aryl methyl sites for hydroxylation is 2. The number of aromatic nitrogens is 1. The van der Waals surface area contributed by atoms with Crippen LogP contribution < -0.4 is 5.32 Å². The number of piperidine rings is 1. The number of nitrogens with one attached hydrogen (secondary N) is 1. The summed E-state index contributed by atoms with van der Waals surface area (Å²) in [5.74, 6) is -1.00. The molecular formula is C17H20FN3O4S. The number of carbonyl (C=O) groups excluding carboxylic acids is 1. The zero-order valence-corrected chi connectivity index (χ0v) is 15.4. The number of benzene rings is 1. The molecule has 1 aromatic carbocycles. The van der Waals surface area contributed by atoms with Crippen molar-refractivity contribution in [2.24, 2.45) is 0 Å². The molecule has 1 aromatic heterocycles. The van der Waals surface area contributed by atoms with Crippen LogP contribution in [-0.2, 0) is 10.0 Å². The average molecular weight is 381 g/mol. The lowest BCUT2D eigenvalue weighted by Gasteiger charge is -2.26. The van der Waals surface area contributed by atoms with E-state index in [9.17, 15) is 17.6 Å². The molecule has 7 nitrogen and oxygen atoms in total. The second-order valence-corrected chi connectivity index (χ2v) is 8.17. The van der Waals surface area contributed by atoms with E-state index in [1.165, 1.54) is 10.4 Å². The van der Waals surface area contributed by atoms with E-state index in [1.807, 2.05) is 0 Å². The summed E-state index contributed by atoms with van der Waals surface area (Å²) in [5.41, 5.74) is 0.959. The van der Waals surface area contributed by atoms with E-state index in [4.69, 9.17) is 4.52 Å². The van der Waals surface area contributed by atoms with Crippen molar-refractivity contribution in [2.75, 3.05) is 18.4 Å². The lowest BCUT2D eigenvalue weighted by molar-refractivity contribution is 0.102. The van der Waals surface area contributed by atoms with E-state index in [0.29, 0.717) is 30.2 Å². The Hall–Kier alpha value is -2.26. The quantitative estimate of drug-likeness (QED) is 0.879. The summed E-state index contributed by atoms with van der Waals surface area (Å²) < 4.78 is 46.0. The number of sulfonamides is 1. The van der Waals surface area contributed by atoms with Crippen LogP contribution in [0.2, 0.25) is 0 Å². The second-order valence-electron chi connectivity index (χ2n) is 6.26. The third kappa shape index (κ3) is 3.49. The number of nitrogens with zero attached hydrogens (tertiary/aromatic N) is 2. The fourth-order valence-electron chi connectivity index (χ4n) is 2.93. The summed E-state index contributed by atoms with van der Waals surface area (Å²) in [7, 11) is -3.98. The van der Waals surface area contributed by atoms with Crippen molar-refractivity contribution < 1.29 is 22.1 Å². The van der Waals surface area contributed by atoms with Crippen LogP contribution in [0.3, 0.4) is 0 Å². The molecule has 0 spiro atoms. The fourth-order valence-corrected chi connectivity index (χ4v) is 4.54. The van der Waals surface area contributed by atoms with Crippen LogP contribution >= 0.6 is 0 Å². The summed E-state index contributed by atoms with van der Waals surface area (Å²) in [6, 6.07) is 3.32. The van der Waals surface area contributed by atoms with Crippen LogP contribution in [-0.4, -0.2) is 36.9 Å². The first-order valence-corrected chi connectivity index (χ1v) is 9.78. The Morgan fingerprint density at radius 2 is 1.92 bits per heavy atom. The predicted molar refractivity (Wildman–Crippen MR) is 92.9 cm³/mol. The summed E-state index contributed by atoms with van der Waals surface area (Å²) >= 11 is 0. The van der Waals surface area contributed by atoms with Crippen LogP contribution in [0.5, 0.6) is 0 Å². The van der Waals surface area contributed by atoms with Crippen LogP contribution in [0.25, 0.3) is 0 Å². The molecule has 140 valence electrons. The molecular weight excluding hydrogens is 361 g/mol. The highest BCUT2D eigenvalue weighted by atomic mass is 32.2. The van der Waals surface area contributed by atoms with Crippen LogP contribution in [0, 0.1) is 19.7 Å². The number of hydrogen-bond acceptors (Lipinski definition) is 5. The summed E-state index contributed by atoms with van der Waals surface area (Å²) in [5, 5.41) is 6.37. The van der Waals surface area contributed by atoms with E-state index >= 15 is 0 Å². The first kappa shape index (κ1) is 18.5. The van der Waals surface area contributed by atoms with E-state index in [-0.39, 0.29) is 5.56 Å². The van der Waals surface area contributed by atoms with Gasteiger partial charge in [0.05, 0.1) is 0 Å². The molecule has 1 amide bonds. The van der Waals surface area contributed by atoms with E-state index in [2.05, 4.69) is 10.5 Å². The van der Waals surface area contributed by atoms with Crippen LogP contribution in [0.1, 0.15) is 41.1 Å². The number of amides is 1. The van der Waals surface area contributed by atoms with Gasteiger partial charge in [-0.25, -0.2) is 12.8 Å². The Labute approximate surface area is 151 Å². The zero-order valence-electron chi connectivity index (χ0n) is 14.6. The van der Waals surface area contributed by atoms with Crippen molar-refractivity contribution in [1.29, 1.82) is 0 Å². The van der Waals surface area contributed by atoms with Crippen LogP contribution in [0.15, 0.2) is 27.6 Å². The standard InChI is InChI=1S/C17H20FN3O4S/c1-11-16(12(2)25-20-11)19-17(22)13-6-7-14(18)15(10-13)26(23,24)21-8-4-3-5-9-21/h6-7,10H,3-5,8-9H2,1-2H3,(H,19,22). The van der Waals surface area contributed by atoms with Crippen molar-refractivity contribution in [3.63, 3.8) is 0 Å². The van der Waals surface area contributed by atoms with Gasteiger partial charge in [0, 0.05) is 18.7 Å². The van der Waals surface area contributed by atoms with Gasteiger partial charge in [0.25, 0.3) is 5.91 Å². The molecule has 2 heterocycles. The molecule has 0 atom stereocenters. The number of halogens is 1. The molecule has 1 N–H and O–H groups in total. The van der Waals surface area contributed by atoms with Crippen LogP contribution in [0.4, 0.5) is 10.1 Å². The Morgan fingerprint density at radius 1 is 1.23 bits per heavy atom. The number of rotatable bonds is 4. The largest absolute Gasteiger partial charge is 0.359 e. The van der Waals surface area contributed by atoms with Gasteiger partial charge in [0.2, 0.25) is 10.0 Å². The maximum atomic E-state index is 14.2. The topological polar surface area (TPSA) is 92.5 Å². The molecule has 1 fully saturated rings. The molecule has 0 aliphatic carbocycles. The van der Waals surface area contributed by atoms with E-state index in [1.54, 1.807) is 13.8 Å². The van der Waals surface area contributed by atoms with Crippen molar-refractivity contribution in [3.05, 3.63) is 41.0 Å². The van der Waals surface area contributed by atoms with Gasteiger partial charge in [-0.15, -0.1) is 0 Å². The number of anilines is 1. The Balaban J connectivity index is 1.91. The second kappa shape index (κ2) is 7.16. The summed E-state index contributed by atoms with van der Waals surface area (Å²) in [6.45, 7) is 4.03. The van der Waals surface area contributed by atoms with Gasteiger partial charge < -0.3 is 9.84 Å². The highest BCUT2D eigenvalue weighted by molar-refractivity contribution is 7.89. The average Bonchev–Trinajstić information content (AvgIpc) is 2.94. The molecule has 26 heavy (non-hydrogen) atoms. The van der Waals surface area contributed by atoms with Crippen molar-refractivity contribution in [3.8, 4) is 0 Å². The van der Waals surface area contributed by atoms with E-state index < -0.39 is 26.6 Å². The summed E-state index contributed by atoms with van der Waals surface area (Å²) in [4.78, 5) is 12.0. The zero-order chi connectivity index (χ0) is 18.9. The molecule has 0 unspecified atom stereocenters. The monoisotopic (exact) mass is 381 g/mol. The van der Waals surface area contributed by atoms with Crippen molar-refractivity contribution in [2.45, 2.75) is 38.0 Å². The first-order valence-electron chi connectivity index (χ1n) is 8.34. The normalized spacial score (nSPS) is 15.8. The third-order valence-electron chi connectivity index (χ3n) is 4.40. The first-order chi connectivity index (χ1) is 12.3. The molecule has 9 heteroatoms. The predicted octanol–water partition coefficient (Wildman–Crippen LogP) is 2.86. The Morgan fingerprint density at radius 3 is 2.54 bits per heavy atom. The van der Waals surface area contributed by atoms with Gasteiger partial charge in [-0.3, -0.25) is 4.79 Å². The van der Waals surface area contributed by atoms with Gasteiger partial charge >= 0.3 is 0 Å². The molecule has 1 saturated heterocycles. The fraction of sp³-hybridized carbons (Fsp3) is 0.412. The maximum Gasteiger partial charge on any atom is 0.255 e. The van der Waals surface area contributed by atoms with E-state index in [0.717, 1.165) is 31.4 Å². The maximum absolute atomic E-state index is 14.2. The minimum absolute atomic E-state index is 0.0435. The minimum atomic E-state index is -3.98. The lowest BCUT2D eigenvalue weighted by Crippen LogP contribution is -2.36. The van der Waals surface area contributed by atoms with Crippen molar-refractivity contribution >= 4 is 21.6 Å². The number of hydrogen-bond donors (Lipinski definition) is 1. The molecule has 2 aromatic rings. The van der Waals surface area contributed by atoms with Gasteiger partial charge in [0.15, 0.2) is 5.76 Å². The van der Waals surface area contributed by atoms with Gasteiger partial charge in [0.1, 0.15) is 22.1 Å². The van der Waals surface area contributed by atoms with Gasteiger partial charge in [-0.05, 0) is 44.9 Å². The molecule has 3 rings (SSSR count). The SMILES string of the molecule is Cc1noc(C)c1NC(=O)c1ccc(F)c(S(=O)(=O)N2CCCCC2)c1. The molecule has 0 radical (unpaired) electrons.